The Morgan fingerprint density at radius 1 is 1.05 bits per heavy atom. The van der Waals surface area contributed by atoms with Crippen LogP contribution in [0.2, 0.25) is 0 Å². The summed E-state index contributed by atoms with van der Waals surface area (Å²) in [7, 11) is 0. The van der Waals surface area contributed by atoms with Crippen LogP contribution in [0.25, 0.3) is 0 Å². The molecule has 2 atom stereocenters. The lowest BCUT2D eigenvalue weighted by Crippen LogP contribution is -2.33. The summed E-state index contributed by atoms with van der Waals surface area (Å²) in [6, 6.07) is 5.06. The fraction of sp³-hybridized carbons (Fsp3) is 0.656. The lowest BCUT2D eigenvalue weighted by Gasteiger charge is -2.38. The van der Waals surface area contributed by atoms with Gasteiger partial charge in [-0.3, -0.25) is 4.98 Å². The Bertz CT molecular complexity index is 1170. The third-order valence-electron chi connectivity index (χ3n) is 8.49. The average molecular weight is 548 g/mol. The lowest BCUT2D eigenvalue weighted by molar-refractivity contribution is -0.137. The molecule has 2 aliphatic carbocycles. The molecule has 0 bridgehead atoms. The van der Waals surface area contributed by atoms with E-state index in [1.807, 2.05) is 0 Å². The van der Waals surface area contributed by atoms with Crippen LogP contribution < -0.4 is 0 Å². The number of hydrogen-bond donors (Lipinski definition) is 2. The van der Waals surface area contributed by atoms with E-state index in [0.29, 0.717) is 29.7 Å². The van der Waals surface area contributed by atoms with Gasteiger partial charge in [-0.15, -0.1) is 0 Å². The number of aliphatic hydroxyl groups excluding tert-OH is 1. The zero-order valence-corrected chi connectivity index (χ0v) is 24.4. The monoisotopic (exact) mass is 547 g/mol. The van der Waals surface area contributed by atoms with Crippen LogP contribution >= 0.6 is 0 Å². The van der Waals surface area contributed by atoms with E-state index in [0.717, 1.165) is 60.6 Å². The highest BCUT2D eigenvalue weighted by Crippen LogP contribution is 2.59. The van der Waals surface area contributed by atoms with E-state index in [4.69, 9.17) is 9.72 Å². The summed E-state index contributed by atoms with van der Waals surface area (Å²) in [5.41, 5.74) is 1.54. The van der Waals surface area contributed by atoms with Crippen molar-refractivity contribution in [3.05, 3.63) is 63.5 Å². The van der Waals surface area contributed by atoms with Gasteiger partial charge in [0, 0.05) is 16.8 Å². The highest BCUT2D eigenvalue weighted by Gasteiger charge is 2.53. The van der Waals surface area contributed by atoms with E-state index in [1.165, 1.54) is 18.6 Å². The Hall–Kier alpha value is -1.96. The number of fused-ring (bicyclic) bond motifs is 4. The third kappa shape index (κ3) is 5.91. The van der Waals surface area contributed by atoms with Crippen LogP contribution in [0.4, 0.5) is 13.2 Å². The van der Waals surface area contributed by atoms with Crippen molar-refractivity contribution in [3.63, 3.8) is 0 Å². The first-order valence-corrected chi connectivity index (χ1v) is 14.3. The SMILES string of the molecule is CC1(C)Cc2nc(C(C)(C)O)c3c(c2C(O)C1)C1(CCCC1)OC3c1ccc(C(F)(F)F)cc1.CCC(C)C. The van der Waals surface area contributed by atoms with Crippen LogP contribution in [0, 0.1) is 11.3 Å². The van der Waals surface area contributed by atoms with Gasteiger partial charge in [0.2, 0.25) is 0 Å². The first kappa shape index (κ1) is 30.0. The number of pyridine rings is 1. The number of rotatable bonds is 3. The Kier molecular flexibility index (Phi) is 8.05. The summed E-state index contributed by atoms with van der Waals surface area (Å²) in [4.78, 5) is 4.92. The fourth-order valence-electron chi connectivity index (χ4n) is 6.26. The lowest BCUT2D eigenvalue weighted by atomic mass is 9.70. The standard InChI is InChI=1S/C27H32F3NO3.C5H12/c1-24(2)13-17-19(18(32)14-24)21-20(23(31-17)25(3,4)33)22(34-26(21)11-5-6-12-26)15-7-9-16(10-8-15)27(28,29)30;1-4-5(2)3/h7-10,18,22,32-33H,5-6,11-14H2,1-4H3;5H,4H2,1-3H3. The van der Waals surface area contributed by atoms with Crippen LogP contribution in [0.5, 0.6) is 0 Å². The summed E-state index contributed by atoms with van der Waals surface area (Å²) < 4.78 is 46.3. The molecule has 0 radical (unpaired) electrons. The second-order valence-electron chi connectivity index (χ2n) is 13.4. The van der Waals surface area contributed by atoms with Gasteiger partial charge in [0.15, 0.2) is 0 Å². The van der Waals surface area contributed by atoms with E-state index in [9.17, 15) is 23.4 Å². The van der Waals surface area contributed by atoms with Gasteiger partial charge in [0.1, 0.15) is 11.7 Å². The number of halogens is 3. The van der Waals surface area contributed by atoms with Crippen molar-refractivity contribution in [2.45, 2.75) is 123 Å². The van der Waals surface area contributed by atoms with Gasteiger partial charge < -0.3 is 14.9 Å². The third-order valence-corrected chi connectivity index (χ3v) is 8.49. The Balaban J connectivity index is 0.000000648. The molecule has 1 aromatic carbocycles. The molecule has 2 heterocycles. The maximum Gasteiger partial charge on any atom is 0.416 e. The first-order chi connectivity index (χ1) is 18.0. The number of nitrogens with zero attached hydrogens (tertiary/aromatic N) is 1. The van der Waals surface area contributed by atoms with E-state index < -0.39 is 35.1 Å². The van der Waals surface area contributed by atoms with E-state index in [-0.39, 0.29) is 5.41 Å². The molecule has 5 rings (SSSR count). The summed E-state index contributed by atoms with van der Waals surface area (Å²) >= 11 is 0. The maximum absolute atomic E-state index is 13.2. The topological polar surface area (TPSA) is 62.6 Å². The molecule has 1 aliphatic heterocycles. The molecule has 2 N–H and O–H groups in total. The number of alkyl halides is 3. The minimum atomic E-state index is -4.42. The van der Waals surface area contributed by atoms with E-state index in [2.05, 4.69) is 34.6 Å². The summed E-state index contributed by atoms with van der Waals surface area (Å²) in [5.74, 6) is 0.884. The minimum absolute atomic E-state index is 0.139. The maximum atomic E-state index is 13.2. The molecule has 0 saturated heterocycles. The molecule has 1 fully saturated rings. The zero-order chi connectivity index (χ0) is 29.0. The van der Waals surface area contributed by atoms with Gasteiger partial charge in [0.25, 0.3) is 0 Å². The quantitative estimate of drug-likeness (QED) is 0.406. The van der Waals surface area contributed by atoms with E-state index in [1.54, 1.807) is 13.8 Å². The van der Waals surface area contributed by atoms with Gasteiger partial charge in [-0.05, 0) is 74.1 Å². The highest BCUT2D eigenvalue weighted by molar-refractivity contribution is 5.55. The van der Waals surface area contributed by atoms with Gasteiger partial charge >= 0.3 is 6.18 Å². The predicted octanol–water partition coefficient (Wildman–Crippen LogP) is 8.27. The summed E-state index contributed by atoms with van der Waals surface area (Å²) in [5, 5.41) is 22.5. The Morgan fingerprint density at radius 2 is 1.62 bits per heavy atom. The normalized spacial score (nSPS) is 23.4. The average Bonchev–Trinajstić information content (AvgIpc) is 3.42. The molecular weight excluding hydrogens is 503 g/mol. The molecule has 7 heteroatoms. The molecule has 4 nitrogen and oxygen atoms in total. The first-order valence-electron chi connectivity index (χ1n) is 14.3. The Morgan fingerprint density at radius 3 is 2.10 bits per heavy atom. The van der Waals surface area contributed by atoms with Crippen LogP contribution in [0.3, 0.4) is 0 Å². The van der Waals surface area contributed by atoms with Crippen LogP contribution in [0.1, 0.15) is 138 Å². The second kappa shape index (κ2) is 10.5. The number of aromatic nitrogens is 1. The molecule has 1 saturated carbocycles. The van der Waals surface area contributed by atoms with Crippen molar-refractivity contribution in [1.82, 2.24) is 4.98 Å². The Labute approximate surface area is 231 Å². The number of ether oxygens (including phenoxy) is 1. The van der Waals surface area contributed by atoms with Gasteiger partial charge in [0.05, 0.1) is 23.0 Å². The molecule has 0 amide bonds. The number of hydrogen-bond acceptors (Lipinski definition) is 4. The highest BCUT2D eigenvalue weighted by atomic mass is 19.4. The molecule has 216 valence electrons. The van der Waals surface area contributed by atoms with Crippen LogP contribution in [0.15, 0.2) is 24.3 Å². The van der Waals surface area contributed by atoms with Crippen molar-refractivity contribution in [2.75, 3.05) is 0 Å². The molecule has 2 unspecified atom stereocenters. The fourth-order valence-corrected chi connectivity index (χ4v) is 6.26. The molecule has 1 spiro atoms. The van der Waals surface area contributed by atoms with Crippen molar-refractivity contribution in [3.8, 4) is 0 Å². The largest absolute Gasteiger partial charge is 0.416 e. The minimum Gasteiger partial charge on any atom is -0.388 e. The number of benzene rings is 1. The van der Waals surface area contributed by atoms with Crippen molar-refractivity contribution in [2.24, 2.45) is 11.3 Å². The van der Waals surface area contributed by atoms with Crippen molar-refractivity contribution >= 4 is 0 Å². The van der Waals surface area contributed by atoms with Gasteiger partial charge in [-0.25, -0.2) is 0 Å². The predicted molar refractivity (Wildman–Crippen MR) is 146 cm³/mol. The van der Waals surface area contributed by atoms with Crippen molar-refractivity contribution < 1.29 is 28.1 Å². The van der Waals surface area contributed by atoms with Crippen LogP contribution in [-0.2, 0) is 28.5 Å². The molecule has 1 aromatic heterocycles. The van der Waals surface area contributed by atoms with E-state index >= 15 is 0 Å². The summed E-state index contributed by atoms with van der Waals surface area (Å²) in [6.07, 6.45) is 0.276. The molecular formula is C32H44F3NO3. The molecule has 3 aliphatic rings. The van der Waals surface area contributed by atoms with Crippen LogP contribution in [-0.4, -0.2) is 15.2 Å². The van der Waals surface area contributed by atoms with Gasteiger partial charge in [-0.2, -0.15) is 13.2 Å². The number of aliphatic hydroxyl groups is 2. The van der Waals surface area contributed by atoms with Crippen molar-refractivity contribution in [1.29, 1.82) is 0 Å². The second-order valence-corrected chi connectivity index (χ2v) is 13.4. The van der Waals surface area contributed by atoms with Gasteiger partial charge in [-0.1, -0.05) is 66.0 Å². The molecule has 39 heavy (non-hydrogen) atoms. The zero-order valence-electron chi connectivity index (χ0n) is 24.4. The smallest absolute Gasteiger partial charge is 0.388 e. The molecule has 2 aromatic rings. The summed E-state index contributed by atoms with van der Waals surface area (Å²) in [6.45, 7) is 14.2.